The molecule has 0 amide bonds. The van der Waals surface area contributed by atoms with Crippen LogP contribution in [0.15, 0.2) is 18.2 Å². The Kier molecular flexibility index (Phi) is 6.19. The van der Waals surface area contributed by atoms with Crippen LogP contribution in [0.25, 0.3) is 0 Å². The minimum atomic E-state index is -0.548. The normalized spacial score (nSPS) is 11.7. The van der Waals surface area contributed by atoms with Crippen LogP contribution in [0.4, 0.5) is 5.69 Å². The first-order chi connectivity index (χ1) is 10.5. The van der Waals surface area contributed by atoms with Gasteiger partial charge in [-0.3, -0.25) is 9.59 Å². The summed E-state index contributed by atoms with van der Waals surface area (Å²) in [4.78, 5) is 22.4. The third kappa shape index (κ3) is 6.72. The molecule has 0 saturated heterocycles. The maximum atomic E-state index is 11.9. The molecule has 0 fully saturated rings. The monoisotopic (exact) mass is 321 g/mol. The number of benzene rings is 1. The Hall–Kier alpha value is -2.04. The molecule has 0 spiro atoms. The molecule has 0 bridgehead atoms. The van der Waals surface area contributed by atoms with Crippen molar-refractivity contribution in [2.45, 2.75) is 60.3 Å². The molecular weight excluding hydrogens is 294 g/mol. The molecule has 1 aromatic rings. The summed E-state index contributed by atoms with van der Waals surface area (Å²) >= 11 is 0. The molecule has 0 atom stereocenters. The van der Waals surface area contributed by atoms with Crippen LogP contribution >= 0.6 is 0 Å². The fraction of sp³-hybridized carbons (Fsp3) is 0.556. The summed E-state index contributed by atoms with van der Waals surface area (Å²) < 4.78 is 10.2. The Morgan fingerprint density at radius 1 is 1.09 bits per heavy atom. The van der Waals surface area contributed by atoms with Crippen LogP contribution in [0.5, 0.6) is 0 Å². The lowest BCUT2D eigenvalue weighted by molar-refractivity contribution is -0.154. The maximum Gasteiger partial charge on any atom is 0.311 e. The second-order valence-electron chi connectivity index (χ2n) is 7.59. The summed E-state index contributed by atoms with van der Waals surface area (Å²) in [5.41, 5.74) is 1.93. The van der Waals surface area contributed by atoms with Crippen LogP contribution in [-0.2, 0) is 32.3 Å². The summed E-state index contributed by atoms with van der Waals surface area (Å²) in [5.74, 6) is -0.267. The van der Waals surface area contributed by atoms with Crippen molar-refractivity contribution in [3.63, 3.8) is 0 Å². The molecule has 0 radical (unpaired) electrons. The van der Waals surface area contributed by atoms with Crippen molar-refractivity contribution in [1.82, 2.24) is 0 Å². The highest BCUT2D eigenvalue weighted by Gasteiger charge is 2.23. The number of carbonyl (C=O) groups excluding carboxylic acids is 2. The number of rotatable bonds is 6. The molecule has 1 aromatic carbocycles. The van der Waals surface area contributed by atoms with Gasteiger partial charge < -0.3 is 14.8 Å². The number of hydrogen-bond acceptors (Lipinski definition) is 5. The van der Waals surface area contributed by atoms with E-state index in [9.17, 15) is 9.59 Å². The SMILES string of the molecule is CC(C)(C)Nc1ccc(COC(=O)C(C)(C)C)c(COC=O)c1. The van der Waals surface area contributed by atoms with Gasteiger partial charge in [-0.25, -0.2) is 0 Å². The molecular formula is C18H27NO4. The van der Waals surface area contributed by atoms with E-state index in [4.69, 9.17) is 9.47 Å². The van der Waals surface area contributed by atoms with E-state index in [0.717, 1.165) is 16.8 Å². The van der Waals surface area contributed by atoms with Gasteiger partial charge >= 0.3 is 5.97 Å². The summed E-state index contributed by atoms with van der Waals surface area (Å²) in [6, 6.07) is 5.72. The van der Waals surface area contributed by atoms with E-state index >= 15 is 0 Å². The van der Waals surface area contributed by atoms with E-state index in [-0.39, 0.29) is 24.7 Å². The fourth-order valence-corrected chi connectivity index (χ4v) is 1.90. The van der Waals surface area contributed by atoms with Gasteiger partial charge in [0.1, 0.15) is 13.2 Å². The highest BCUT2D eigenvalue weighted by Crippen LogP contribution is 2.22. The predicted molar refractivity (Wildman–Crippen MR) is 89.9 cm³/mol. The lowest BCUT2D eigenvalue weighted by Gasteiger charge is -2.23. The van der Waals surface area contributed by atoms with E-state index in [2.05, 4.69) is 26.1 Å². The molecule has 0 aromatic heterocycles. The average molecular weight is 321 g/mol. The summed E-state index contributed by atoms with van der Waals surface area (Å²) in [7, 11) is 0. The minimum absolute atomic E-state index is 0.0804. The summed E-state index contributed by atoms with van der Waals surface area (Å²) in [6.07, 6.45) is 0. The van der Waals surface area contributed by atoms with Gasteiger partial charge in [0, 0.05) is 11.2 Å². The van der Waals surface area contributed by atoms with Crippen molar-refractivity contribution in [1.29, 1.82) is 0 Å². The van der Waals surface area contributed by atoms with Crippen molar-refractivity contribution >= 4 is 18.1 Å². The molecule has 1 N–H and O–H groups in total. The van der Waals surface area contributed by atoms with E-state index in [1.54, 1.807) is 0 Å². The molecule has 5 heteroatoms. The molecule has 5 nitrogen and oxygen atoms in total. The van der Waals surface area contributed by atoms with E-state index in [1.165, 1.54) is 0 Å². The molecule has 0 heterocycles. The molecule has 0 saturated carbocycles. The average Bonchev–Trinajstić information content (AvgIpc) is 2.40. The molecule has 1 rings (SSSR count). The first-order valence-electron chi connectivity index (χ1n) is 7.65. The van der Waals surface area contributed by atoms with Crippen molar-refractivity contribution in [3.8, 4) is 0 Å². The van der Waals surface area contributed by atoms with Crippen LogP contribution in [0.3, 0.4) is 0 Å². The van der Waals surface area contributed by atoms with Crippen LogP contribution in [0.2, 0.25) is 0 Å². The van der Waals surface area contributed by atoms with Gasteiger partial charge in [-0.05, 0) is 64.8 Å². The first kappa shape index (κ1) is 19.0. The van der Waals surface area contributed by atoms with Gasteiger partial charge in [-0.2, -0.15) is 0 Å². The Balaban J connectivity index is 2.92. The Bertz CT molecular complexity index is 553. The van der Waals surface area contributed by atoms with Gasteiger partial charge in [0.05, 0.1) is 5.41 Å². The van der Waals surface area contributed by atoms with Gasteiger partial charge in [-0.15, -0.1) is 0 Å². The third-order valence-electron chi connectivity index (χ3n) is 3.00. The molecule has 0 unspecified atom stereocenters. The quantitative estimate of drug-likeness (QED) is 0.640. The number of nitrogens with one attached hydrogen (secondary N) is 1. The summed E-state index contributed by atoms with van der Waals surface area (Å²) in [6.45, 7) is 12.3. The standard InChI is InChI=1S/C18H27NO4/c1-17(2,3)16(21)23-11-13-7-8-15(19-18(4,5)6)9-14(13)10-22-12-20/h7-9,12,19H,10-11H2,1-6H3. The Morgan fingerprint density at radius 2 is 1.74 bits per heavy atom. The Labute approximate surface area is 138 Å². The largest absolute Gasteiger partial charge is 0.463 e. The molecule has 128 valence electrons. The zero-order valence-electron chi connectivity index (χ0n) is 14.9. The zero-order chi connectivity index (χ0) is 17.7. The number of hydrogen-bond donors (Lipinski definition) is 1. The lowest BCUT2D eigenvalue weighted by Crippen LogP contribution is -2.26. The number of carbonyl (C=O) groups is 2. The highest BCUT2D eigenvalue weighted by molar-refractivity contribution is 5.75. The fourth-order valence-electron chi connectivity index (χ4n) is 1.90. The van der Waals surface area contributed by atoms with Crippen molar-refractivity contribution in [3.05, 3.63) is 29.3 Å². The second kappa shape index (κ2) is 7.49. The van der Waals surface area contributed by atoms with Gasteiger partial charge in [0.2, 0.25) is 0 Å². The smallest absolute Gasteiger partial charge is 0.311 e. The van der Waals surface area contributed by atoms with Crippen molar-refractivity contribution in [2.75, 3.05) is 5.32 Å². The van der Waals surface area contributed by atoms with Crippen LogP contribution in [0, 0.1) is 5.41 Å². The lowest BCUT2D eigenvalue weighted by atomic mass is 9.97. The summed E-state index contributed by atoms with van der Waals surface area (Å²) in [5, 5.41) is 3.36. The topological polar surface area (TPSA) is 64.6 Å². The highest BCUT2D eigenvalue weighted by atomic mass is 16.5. The van der Waals surface area contributed by atoms with E-state index in [1.807, 2.05) is 39.0 Å². The van der Waals surface area contributed by atoms with Crippen molar-refractivity contribution < 1.29 is 19.1 Å². The van der Waals surface area contributed by atoms with Crippen LogP contribution < -0.4 is 5.32 Å². The molecule has 0 aliphatic heterocycles. The molecule has 23 heavy (non-hydrogen) atoms. The Morgan fingerprint density at radius 3 is 2.26 bits per heavy atom. The van der Waals surface area contributed by atoms with Gasteiger partial charge in [0.25, 0.3) is 6.47 Å². The van der Waals surface area contributed by atoms with E-state index in [0.29, 0.717) is 6.47 Å². The first-order valence-corrected chi connectivity index (χ1v) is 7.65. The third-order valence-corrected chi connectivity index (χ3v) is 3.00. The minimum Gasteiger partial charge on any atom is -0.463 e. The van der Waals surface area contributed by atoms with E-state index < -0.39 is 5.41 Å². The predicted octanol–water partition coefficient (Wildman–Crippen LogP) is 3.66. The van der Waals surface area contributed by atoms with Gasteiger partial charge in [0.15, 0.2) is 0 Å². The van der Waals surface area contributed by atoms with Gasteiger partial charge in [-0.1, -0.05) is 6.07 Å². The van der Waals surface area contributed by atoms with Crippen LogP contribution in [-0.4, -0.2) is 18.0 Å². The molecule has 0 aliphatic rings. The molecule has 0 aliphatic carbocycles. The maximum absolute atomic E-state index is 11.9. The second-order valence-corrected chi connectivity index (χ2v) is 7.59. The number of anilines is 1. The zero-order valence-corrected chi connectivity index (χ0v) is 14.9. The van der Waals surface area contributed by atoms with Crippen molar-refractivity contribution in [2.24, 2.45) is 5.41 Å². The number of ether oxygens (including phenoxy) is 2. The number of esters is 1. The van der Waals surface area contributed by atoms with Crippen LogP contribution in [0.1, 0.15) is 52.7 Å².